The Labute approximate surface area is 193 Å². The van der Waals surface area contributed by atoms with Gasteiger partial charge in [-0.05, 0) is 77.6 Å². The van der Waals surface area contributed by atoms with Crippen molar-refractivity contribution >= 4 is 33.4 Å². The molecule has 0 atom stereocenters. The Morgan fingerprint density at radius 3 is 2.44 bits per heavy atom. The molecule has 3 aromatic rings. The number of fused-ring (bicyclic) bond motifs is 1. The summed E-state index contributed by atoms with van der Waals surface area (Å²) in [5, 5.41) is 5.25. The van der Waals surface area contributed by atoms with Crippen LogP contribution in [0, 0.1) is 0 Å². The van der Waals surface area contributed by atoms with Crippen LogP contribution in [0.4, 0.5) is 0 Å². The zero-order chi connectivity index (χ0) is 22.7. The molecule has 0 aliphatic heterocycles. The van der Waals surface area contributed by atoms with E-state index < -0.39 is 10.0 Å². The lowest BCUT2D eigenvalue weighted by Gasteiger charge is -2.14. The molecule has 4 nitrogen and oxygen atoms in total. The molecular weight excluding hydrogens is 438 g/mol. The summed E-state index contributed by atoms with van der Waals surface area (Å²) in [6, 6.07) is 23.2. The van der Waals surface area contributed by atoms with Gasteiger partial charge in [0.25, 0.3) is 0 Å². The van der Waals surface area contributed by atoms with E-state index in [9.17, 15) is 8.42 Å². The van der Waals surface area contributed by atoms with Crippen LogP contribution in [-0.4, -0.2) is 21.3 Å². The molecule has 32 heavy (non-hydrogen) atoms. The van der Waals surface area contributed by atoms with Crippen molar-refractivity contribution in [1.82, 2.24) is 0 Å². The first-order chi connectivity index (χ1) is 15.3. The highest BCUT2D eigenvalue weighted by Gasteiger charge is 2.23. The Morgan fingerprint density at radius 2 is 1.78 bits per heavy atom. The molecule has 0 spiro atoms. The van der Waals surface area contributed by atoms with E-state index in [1.54, 1.807) is 43.1 Å². The molecule has 0 bridgehead atoms. The van der Waals surface area contributed by atoms with Crippen LogP contribution in [-0.2, 0) is 16.4 Å². The topological polar surface area (TPSA) is 69.4 Å². The van der Waals surface area contributed by atoms with Crippen molar-refractivity contribution in [1.29, 1.82) is 0 Å². The van der Waals surface area contributed by atoms with Crippen LogP contribution < -0.4 is 9.88 Å². The zero-order valence-corrected chi connectivity index (χ0v) is 19.7. The average molecular weight is 464 g/mol. The van der Waals surface area contributed by atoms with Gasteiger partial charge >= 0.3 is 0 Å². The molecule has 0 fully saturated rings. The standard InChI is InChI=1S/C26H25NO3S2/c1-18-14-20-10-11-22(30-2)16-25(20)26(18)21(17-31-23-6-4-3-5-7-23)15-19-8-12-24(13-9-19)32(27,28)29/h3-13,15-16H,14,17H2,1-2H3,(H2,27,28,29)/b21-15+. The van der Waals surface area contributed by atoms with Crippen molar-refractivity contribution in [2.24, 2.45) is 5.14 Å². The number of methoxy groups -OCH3 is 1. The summed E-state index contributed by atoms with van der Waals surface area (Å²) < 4.78 is 28.7. The van der Waals surface area contributed by atoms with Gasteiger partial charge in [0.15, 0.2) is 0 Å². The highest BCUT2D eigenvalue weighted by Crippen LogP contribution is 2.41. The maximum Gasteiger partial charge on any atom is 0.238 e. The zero-order valence-electron chi connectivity index (χ0n) is 18.0. The van der Waals surface area contributed by atoms with Crippen molar-refractivity contribution in [3.05, 3.63) is 101 Å². The Balaban J connectivity index is 1.75. The van der Waals surface area contributed by atoms with Crippen LogP contribution in [0.25, 0.3) is 11.6 Å². The molecule has 2 N–H and O–H groups in total. The Hall–Kier alpha value is -2.80. The number of thioether (sulfide) groups is 1. The van der Waals surface area contributed by atoms with Gasteiger partial charge in [0.05, 0.1) is 12.0 Å². The Morgan fingerprint density at radius 1 is 1.06 bits per heavy atom. The molecule has 4 rings (SSSR count). The number of benzene rings is 3. The average Bonchev–Trinajstić information content (AvgIpc) is 3.11. The fourth-order valence-electron chi connectivity index (χ4n) is 3.94. The second-order valence-corrected chi connectivity index (χ2v) is 10.4. The molecule has 0 amide bonds. The second-order valence-electron chi connectivity index (χ2n) is 7.74. The number of rotatable bonds is 7. The van der Waals surface area contributed by atoms with E-state index >= 15 is 0 Å². The summed E-state index contributed by atoms with van der Waals surface area (Å²) in [6.07, 6.45) is 3.04. The van der Waals surface area contributed by atoms with Crippen LogP contribution in [0.1, 0.15) is 23.6 Å². The first-order valence-electron chi connectivity index (χ1n) is 10.2. The first kappa shape index (κ1) is 22.4. The van der Waals surface area contributed by atoms with E-state index in [1.807, 2.05) is 24.3 Å². The SMILES string of the molecule is COc1ccc2c(c1)C(/C(=C/c1ccc(S(N)(=O)=O)cc1)CSc1ccccc1)=C(C)C2. The largest absolute Gasteiger partial charge is 0.497 e. The fraction of sp³-hybridized carbons (Fsp3) is 0.154. The predicted octanol–water partition coefficient (Wildman–Crippen LogP) is 5.55. The third kappa shape index (κ3) is 4.99. The third-order valence-corrected chi connectivity index (χ3v) is 7.47. The molecule has 0 unspecified atom stereocenters. The smallest absolute Gasteiger partial charge is 0.238 e. The molecule has 1 aliphatic rings. The van der Waals surface area contributed by atoms with Gasteiger partial charge in [0.1, 0.15) is 5.75 Å². The lowest BCUT2D eigenvalue weighted by Crippen LogP contribution is -2.11. The Bertz CT molecular complexity index is 1290. The molecule has 6 heteroatoms. The first-order valence-corrected chi connectivity index (χ1v) is 12.8. The number of sulfonamides is 1. The molecule has 0 heterocycles. The molecule has 0 aromatic heterocycles. The van der Waals surface area contributed by atoms with Crippen molar-refractivity contribution < 1.29 is 13.2 Å². The van der Waals surface area contributed by atoms with Crippen LogP contribution in [0.3, 0.4) is 0 Å². The molecular formula is C26H25NO3S2. The predicted molar refractivity (Wildman–Crippen MR) is 132 cm³/mol. The lowest BCUT2D eigenvalue weighted by atomic mass is 9.96. The maximum absolute atomic E-state index is 11.6. The molecule has 1 aliphatic carbocycles. The van der Waals surface area contributed by atoms with Gasteiger partial charge < -0.3 is 4.74 Å². The number of allylic oxidation sites excluding steroid dienone is 2. The monoisotopic (exact) mass is 463 g/mol. The van der Waals surface area contributed by atoms with Gasteiger partial charge in [-0.15, -0.1) is 11.8 Å². The van der Waals surface area contributed by atoms with E-state index in [4.69, 9.17) is 9.88 Å². The van der Waals surface area contributed by atoms with E-state index in [0.717, 1.165) is 23.5 Å². The Kier molecular flexibility index (Phi) is 6.55. The van der Waals surface area contributed by atoms with E-state index in [-0.39, 0.29) is 4.90 Å². The highest BCUT2D eigenvalue weighted by atomic mass is 32.2. The summed E-state index contributed by atoms with van der Waals surface area (Å²) in [4.78, 5) is 1.31. The van der Waals surface area contributed by atoms with Gasteiger partial charge in [-0.25, -0.2) is 13.6 Å². The summed E-state index contributed by atoms with van der Waals surface area (Å²) >= 11 is 1.78. The molecule has 164 valence electrons. The molecule has 0 saturated carbocycles. The summed E-state index contributed by atoms with van der Waals surface area (Å²) in [7, 11) is -2.03. The summed E-state index contributed by atoms with van der Waals surface area (Å²) in [5.41, 5.74) is 7.15. The minimum Gasteiger partial charge on any atom is -0.497 e. The third-order valence-electron chi connectivity index (χ3n) is 5.48. The summed E-state index contributed by atoms with van der Waals surface area (Å²) in [5.74, 6) is 1.62. The second kappa shape index (κ2) is 9.36. The van der Waals surface area contributed by atoms with Crippen LogP contribution in [0.2, 0.25) is 0 Å². The summed E-state index contributed by atoms with van der Waals surface area (Å²) in [6.45, 7) is 2.17. The maximum atomic E-state index is 11.6. The van der Waals surface area contributed by atoms with Gasteiger partial charge in [0, 0.05) is 10.6 Å². The van der Waals surface area contributed by atoms with Crippen molar-refractivity contribution in [3.8, 4) is 5.75 Å². The van der Waals surface area contributed by atoms with Crippen LogP contribution in [0.5, 0.6) is 5.75 Å². The van der Waals surface area contributed by atoms with Gasteiger partial charge in [-0.1, -0.05) is 48.0 Å². The number of hydrogen-bond donors (Lipinski definition) is 1. The van der Waals surface area contributed by atoms with Crippen molar-refractivity contribution in [2.45, 2.75) is 23.1 Å². The number of hydrogen-bond acceptors (Lipinski definition) is 4. The fourth-order valence-corrected chi connectivity index (χ4v) is 5.35. The van der Waals surface area contributed by atoms with E-state index in [2.05, 4.69) is 37.3 Å². The minimum absolute atomic E-state index is 0.112. The van der Waals surface area contributed by atoms with Crippen molar-refractivity contribution in [3.63, 3.8) is 0 Å². The molecule has 0 saturated heterocycles. The lowest BCUT2D eigenvalue weighted by molar-refractivity contribution is 0.414. The molecule has 3 aromatic carbocycles. The minimum atomic E-state index is -3.71. The number of ether oxygens (including phenoxy) is 1. The number of nitrogens with two attached hydrogens (primary N) is 1. The van der Waals surface area contributed by atoms with Gasteiger partial charge in [-0.3, -0.25) is 0 Å². The van der Waals surface area contributed by atoms with Gasteiger partial charge in [-0.2, -0.15) is 0 Å². The number of primary sulfonamides is 1. The highest BCUT2D eigenvalue weighted by molar-refractivity contribution is 7.99. The van der Waals surface area contributed by atoms with Gasteiger partial charge in [0.2, 0.25) is 10.0 Å². The molecule has 0 radical (unpaired) electrons. The quantitative estimate of drug-likeness (QED) is 0.467. The van der Waals surface area contributed by atoms with Crippen LogP contribution in [0.15, 0.2) is 93.7 Å². The normalized spacial score (nSPS) is 13.9. The van der Waals surface area contributed by atoms with E-state index in [0.29, 0.717) is 0 Å². The van der Waals surface area contributed by atoms with Crippen LogP contribution >= 0.6 is 11.8 Å². The van der Waals surface area contributed by atoms with Crippen molar-refractivity contribution in [2.75, 3.05) is 12.9 Å². The van der Waals surface area contributed by atoms with E-state index in [1.165, 1.54) is 32.7 Å².